The lowest BCUT2D eigenvalue weighted by molar-refractivity contribution is -0.432. The molecule has 0 aliphatic carbocycles. The van der Waals surface area contributed by atoms with Gasteiger partial charge in [0.2, 0.25) is 0 Å². The molecule has 46 heavy (non-hydrogen) atoms. The highest BCUT2D eigenvalue weighted by Crippen LogP contribution is 2.51. The Hall–Kier alpha value is -5.54. The Morgan fingerprint density at radius 1 is 1.00 bits per heavy atom. The zero-order valence-electron chi connectivity index (χ0n) is 23.6. The lowest BCUT2D eigenvalue weighted by Gasteiger charge is -2.13. The van der Waals surface area contributed by atoms with Crippen LogP contribution in [0.1, 0.15) is 23.0 Å². The minimum Gasteiger partial charge on any atom is -0.505 e. The summed E-state index contributed by atoms with van der Waals surface area (Å²) in [6, 6.07) is 9.79. The monoisotopic (exact) mass is 668 g/mol. The zero-order chi connectivity index (χ0) is 33.8. The van der Waals surface area contributed by atoms with Gasteiger partial charge in [-0.2, -0.15) is 13.1 Å². The number of nitrogens with zero attached hydrogens (tertiary/aromatic N) is 6. The zero-order valence-corrected chi connectivity index (χ0v) is 25.3. The summed E-state index contributed by atoms with van der Waals surface area (Å²) < 4.78 is 41.4. The second-order valence-electron chi connectivity index (χ2n) is 8.85. The average Bonchev–Trinajstić information content (AvgIpc) is 3.20. The van der Waals surface area contributed by atoms with Gasteiger partial charge in [-0.1, -0.05) is 23.1 Å². The van der Waals surface area contributed by atoms with Gasteiger partial charge in [-0.25, -0.2) is 10.1 Å². The molecule has 0 amide bonds. The molecule has 236 valence electrons. The van der Waals surface area contributed by atoms with Crippen LogP contribution in [-0.4, -0.2) is 48.9 Å². The van der Waals surface area contributed by atoms with Crippen molar-refractivity contribution in [2.24, 2.45) is 27.5 Å². The molecule has 0 radical (unpaired) electrons. The first-order valence-corrected chi connectivity index (χ1v) is 14.5. The van der Waals surface area contributed by atoms with Crippen molar-refractivity contribution in [3.05, 3.63) is 58.0 Å². The van der Waals surface area contributed by atoms with E-state index in [4.69, 9.17) is 5.26 Å². The number of benzene rings is 3. The van der Waals surface area contributed by atoms with E-state index in [1.165, 1.54) is 36.0 Å². The number of carboxylic acids is 1. The maximum atomic E-state index is 13.0. The van der Waals surface area contributed by atoms with E-state index >= 15 is 0 Å². The van der Waals surface area contributed by atoms with E-state index in [1.807, 2.05) is 0 Å². The molecule has 0 spiro atoms. The highest BCUT2D eigenvalue weighted by molar-refractivity contribution is 7.94. The van der Waals surface area contributed by atoms with Crippen LogP contribution in [0.5, 0.6) is 11.5 Å². The summed E-state index contributed by atoms with van der Waals surface area (Å²) in [5.74, 6) is 4.32. The maximum absolute atomic E-state index is 13.0. The van der Waals surface area contributed by atoms with Crippen molar-refractivity contribution < 1.29 is 47.7 Å². The van der Waals surface area contributed by atoms with Gasteiger partial charge in [0.05, 0.1) is 39.6 Å². The second kappa shape index (κ2) is 13.6. The normalized spacial score (nSPS) is 11.5. The Morgan fingerprint density at radius 3 is 2.30 bits per heavy atom. The van der Waals surface area contributed by atoms with Crippen LogP contribution in [0.2, 0.25) is 0 Å². The molecule has 4 aromatic rings. The summed E-state index contributed by atoms with van der Waals surface area (Å²) in [5, 5.41) is 58.8. The molecule has 0 aliphatic rings. The van der Waals surface area contributed by atoms with Crippen molar-refractivity contribution in [2.75, 3.05) is 0 Å². The number of phenols is 2. The van der Waals surface area contributed by atoms with Gasteiger partial charge in [0.1, 0.15) is 22.0 Å². The van der Waals surface area contributed by atoms with Crippen molar-refractivity contribution in [1.82, 2.24) is 9.36 Å². The van der Waals surface area contributed by atoms with Crippen LogP contribution in [0.15, 0.2) is 71.4 Å². The molecule has 4 rings (SSSR count). The molecule has 0 bridgehead atoms. The Bertz CT molecular complexity index is 2250. The Kier molecular flexibility index (Phi) is 9.88. The van der Waals surface area contributed by atoms with Gasteiger partial charge in [-0.05, 0) is 49.4 Å². The molecule has 5 N–H and O–H groups in total. The van der Waals surface area contributed by atoms with Gasteiger partial charge in [0, 0.05) is 13.0 Å². The molecule has 0 unspecified atom stereocenters. The van der Waals surface area contributed by atoms with E-state index in [-0.39, 0.29) is 39.3 Å². The minimum atomic E-state index is -5.11. The van der Waals surface area contributed by atoms with Crippen molar-refractivity contribution in [3.63, 3.8) is 0 Å². The molecule has 0 saturated carbocycles. The van der Waals surface area contributed by atoms with Crippen molar-refractivity contribution in [1.29, 1.82) is 0 Å². The first kappa shape index (κ1) is 33.4. The number of phenolic OH excluding ortho intramolecular Hbond substituents is 2. The minimum absolute atomic E-state index is 0.180. The molecule has 0 atom stereocenters. The number of fused-ring (bicyclic) bond motifs is 1. The van der Waals surface area contributed by atoms with Crippen LogP contribution in [0.25, 0.3) is 10.8 Å². The topological polar surface area (TPSA) is 247 Å². The highest BCUT2D eigenvalue weighted by atomic mass is 32.2. The van der Waals surface area contributed by atoms with E-state index in [0.29, 0.717) is 5.69 Å². The molecule has 17 nitrogen and oxygen atoms in total. The average molecular weight is 669 g/mol. The van der Waals surface area contributed by atoms with Crippen molar-refractivity contribution in [3.8, 4) is 35.3 Å². The third kappa shape index (κ3) is 6.60. The summed E-state index contributed by atoms with van der Waals surface area (Å²) in [4.78, 5) is 23.4. The number of carbonyl (C=O) groups is 1. The Labute approximate surface area is 262 Å². The summed E-state index contributed by atoms with van der Waals surface area (Å²) in [5.41, 5.74) is -2.44. The SMILES string of the molecule is CC#CC#Cn1c(=O)c(N=Nc2c(SOOO)cc3cc(S(=O)(=O)O)c(N=Nc4ccccc4C(=O)O)c(O)c3c2O)c(C)n1C. The summed E-state index contributed by atoms with van der Waals surface area (Å²) >= 11 is 0.274. The first-order chi connectivity index (χ1) is 21.8. The Balaban J connectivity index is 1.99. The van der Waals surface area contributed by atoms with E-state index in [2.05, 4.69) is 53.6 Å². The number of azo groups is 2. The fraction of sp³-hybridized carbons (Fsp3) is 0.111. The fourth-order valence-corrected chi connectivity index (χ4v) is 5.14. The number of rotatable bonds is 9. The second-order valence-corrected chi connectivity index (χ2v) is 11.0. The molecular weight excluding hydrogens is 648 g/mol. The fourth-order valence-electron chi connectivity index (χ4n) is 3.99. The smallest absolute Gasteiger partial charge is 0.337 e. The molecule has 0 saturated heterocycles. The molecule has 0 aliphatic heterocycles. The quantitative estimate of drug-likeness (QED) is 0.0390. The summed E-state index contributed by atoms with van der Waals surface area (Å²) in [7, 11) is -3.58. The van der Waals surface area contributed by atoms with Gasteiger partial charge in [-0.15, -0.1) is 24.8 Å². The highest BCUT2D eigenvalue weighted by Gasteiger charge is 2.27. The van der Waals surface area contributed by atoms with Crippen molar-refractivity contribution >= 4 is 61.7 Å². The predicted octanol–water partition coefficient (Wildman–Crippen LogP) is 5.10. The van der Waals surface area contributed by atoms with E-state index < -0.39 is 54.8 Å². The lowest BCUT2D eigenvalue weighted by atomic mass is 10.1. The first-order valence-electron chi connectivity index (χ1n) is 12.4. The largest absolute Gasteiger partial charge is 0.505 e. The van der Waals surface area contributed by atoms with Crippen LogP contribution in [0.3, 0.4) is 0 Å². The number of aromatic carboxylic acids is 1. The molecular formula is C27H20N6O11S2. The summed E-state index contributed by atoms with van der Waals surface area (Å²) in [6.45, 7) is 3.11. The number of hydrogen-bond acceptors (Lipinski definition) is 14. The maximum Gasteiger partial charge on any atom is 0.337 e. The van der Waals surface area contributed by atoms with Crippen LogP contribution < -0.4 is 5.56 Å². The van der Waals surface area contributed by atoms with Gasteiger partial charge >= 0.3 is 11.5 Å². The van der Waals surface area contributed by atoms with E-state index in [0.717, 1.165) is 16.8 Å². The number of hydrogen-bond donors (Lipinski definition) is 5. The Morgan fingerprint density at radius 2 is 1.65 bits per heavy atom. The summed E-state index contributed by atoms with van der Waals surface area (Å²) in [6.07, 6.45) is 0. The standard InChI is InChI=1S/C27H20N6O11S2/c1-4-5-8-11-33-26(36)21(14(2)32(33)3)29-30-22-18(45-44-43-39)12-15-13-19(46(40,41)42)23(25(35)20(15)24(22)34)31-28-17-10-7-6-9-16(17)27(37)38/h6-7,9-10,12-13,34-35,39H,1-3H3,(H,37,38)(H,40,41,42). The van der Waals surface area contributed by atoms with Crippen LogP contribution in [0, 0.1) is 30.7 Å². The molecule has 1 heterocycles. The molecule has 19 heteroatoms. The van der Waals surface area contributed by atoms with E-state index in [1.54, 1.807) is 13.8 Å². The molecule has 1 aromatic heterocycles. The van der Waals surface area contributed by atoms with Gasteiger partial charge in [-0.3, -0.25) is 14.0 Å². The number of aromatic nitrogens is 2. The van der Waals surface area contributed by atoms with Crippen LogP contribution >= 0.6 is 12.0 Å². The van der Waals surface area contributed by atoms with Crippen LogP contribution in [0.4, 0.5) is 22.7 Å². The van der Waals surface area contributed by atoms with Gasteiger partial charge in [0.25, 0.3) is 10.1 Å². The van der Waals surface area contributed by atoms with Crippen molar-refractivity contribution in [2.45, 2.75) is 23.6 Å². The molecule has 3 aromatic carbocycles. The van der Waals surface area contributed by atoms with Gasteiger partial charge in [0.15, 0.2) is 17.2 Å². The lowest BCUT2D eigenvalue weighted by Crippen LogP contribution is -2.17. The van der Waals surface area contributed by atoms with Gasteiger partial charge < -0.3 is 15.3 Å². The van der Waals surface area contributed by atoms with Crippen LogP contribution in [-0.2, 0) is 26.5 Å². The number of aromatic hydroxyl groups is 2. The number of carboxylic acid groups (broad SMARTS) is 1. The van der Waals surface area contributed by atoms with E-state index in [9.17, 15) is 37.9 Å². The predicted molar refractivity (Wildman–Crippen MR) is 161 cm³/mol. The molecule has 0 fully saturated rings. The third-order valence-corrected chi connectivity index (χ3v) is 7.68. The third-order valence-electron chi connectivity index (χ3n) is 6.20.